The van der Waals surface area contributed by atoms with Gasteiger partial charge in [-0.05, 0) is 37.6 Å². The van der Waals surface area contributed by atoms with Crippen molar-refractivity contribution in [2.75, 3.05) is 0 Å². The Labute approximate surface area is 116 Å². The molecule has 4 nitrogen and oxygen atoms in total. The predicted octanol–water partition coefficient (Wildman–Crippen LogP) is 2.44. The number of thiophene rings is 1. The Kier molecular flexibility index (Phi) is 4.24. The van der Waals surface area contributed by atoms with Crippen LogP contribution in [-0.4, -0.2) is 23.0 Å². The molecule has 1 aliphatic rings. The van der Waals surface area contributed by atoms with Gasteiger partial charge in [0.2, 0.25) is 5.91 Å². The number of aliphatic carboxylic acids is 1. The van der Waals surface area contributed by atoms with E-state index in [1.165, 1.54) is 4.88 Å². The molecule has 1 aromatic rings. The van der Waals surface area contributed by atoms with E-state index in [0.717, 1.165) is 19.3 Å². The summed E-state index contributed by atoms with van der Waals surface area (Å²) in [6.45, 7) is 1.73. The Bertz CT molecular complexity index is 457. The zero-order valence-corrected chi connectivity index (χ0v) is 11.8. The van der Waals surface area contributed by atoms with Gasteiger partial charge in [0, 0.05) is 17.3 Å². The second kappa shape index (κ2) is 5.74. The standard InChI is InChI=1S/C14H19NO3S/c1-14(13(17)18)8-2-5-11(14)15-12(16)7-6-10-4-3-9-19-10/h3-4,9,11H,2,5-8H2,1H3,(H,15,16)(H,17,18). The SMILES string of the molecule is CC1(C(=O)O)CCCC1NC(=O)CCc1cccs1. The van der Waals surface area contributed by atoms with Crippen LogP contribution >= 0.6 is 11.3 Å². The number of amides is 1. The van der Waals surface area contributed by atoms with Crippen molar-refractivity contribution in [1.29, 1.82) is 0 Å². The monoisotopic (exact) mass is 281 g/mol. The van der Waals surface area contributed by atoms with Gasteiger partial charge in [0.25, 0.3) is 0 Å². The summed E-state index contributed by atoms with van der Waals surface area (Å²) in [5.74, 6) is -0.860. The van der Waals surface area contributed by atoms with Crippen molar-refractivity contribution in [3.63, 3.8) is 0 Å². The molecule has 0 aromatic carbocycles. The van der Waals surface area contributed by atoms with E-state index in [9.17, 15) is 14.7 Å². The van der Waals surface area contributed by atoms with E-state index in [4.69, 9.17) is 0 Å². The quantitative estimate of drug-likeness (QED) is 0.871. The number of hydrogen-bond donors (Lipinski definition) is 2. The molecule has 1 fully saturated rings. The normalized spacial score (nSPS) is 26.3. The highest BCUT2D eigenvalue weighted by Crippen LogP contribution is 2.38. The summed E-state index contributed by atoms with van der Waals surface area (Å²) in [6, 6.07) is 3.74. The van der Waals surface area contributed by atoms with E-state index >= 15 is 0 Å². The zero-order chi connectivity index (χ0) is 13.9. The van der Waals surface area contributed by atoms with Gasteiger partial charge >= 0.3 is 5.97 Å². The van der Waals surface area contributed by atoms with Crippen molar-refractivity contribution in [3.8, 4) is 0 Å². The molecule has 0 spiro atoms. The topological polar surface area (TPSA) is 66.4 Å². The van der Waals surface area contributed by atoms with E-state index in [2.05, 4.69) is 5.32 Å². The van der Waals surface area contributed by atoms with E-state index < -0.39 is 11.4 Å². The molecule has 2 atom stereocenters. The molecule has 0 bridgehead atoms. The second-order valence-electron chi connectivity index (χ2n) is 5.31. The molecular formula is C14H19NO3S. The van der Waals surface area contributed by atoms with Crippen LogP contribution in [0.5, 0.6) is 0 Å². The average Bonchev–Trinajstić information content (AvgIpc) is 2.98. The number of carboxylic acids is 1. The first kappa shape index (κ1) is 14.1. The molecule has 2 rings (SSSR count). The molecule has 0 radical (unpaired) electrons. The number of carboxylic acid groups (broad SMARTS) is 1. The van der Waals surface area contributed by atoms with Crippen LogP contribution in [0.2, 0.25) is 0 Å². The third kappa shape index (κ3) is 3.15. The van der Waals surface area contributed by atoms with Crippen molar-refractivity contribution in [1.82, 2.24) is 5.32 Å². The van der Waals surface area contributed by atoms with Crippen LogP contribution in [0.25, 0.3) is 0 Å². The molecule has 5 heteroatoms. The first-order valence-corrected chi connectivity index (χ1v) is 7.45. The Balaban J connectivity index is 1.86. The van der Waals surface area contributed by atoms with Gasteiger partial charge in [-0.1, -0.05) is 12.5 Å². The van der Waals surface area contributed by atoms with Gasteiger partial charge in [-0.25, -0.2) is 0 Å². The van der Waals surface area contributed by atoms with E-state index in [0.29, 0.717) is 12.8 Å². The smallest absolute Gasteiger partial charge is 0.311 e. The zero-order valence-electron chi connectivity index (χ0n) is 11.0. The van der Waals surface area contributed by atoms with Crippen molar-refractivity contribution in [3.05, 3.63) is 22.4 Å². The van der Waals surface area contributed by atoms with Crippen LogP contribution in [0, 0.1) is 5.41 Å². The van der Waals surface area contributed by atoms with Crippen LogP contribution in [-0.2, 0) is 16.0 Å². The van der Waals surface area contributed by atoms with E-state index in [1.54, 1.807) is 18.3 Å². The lowest BCUT2D eigenvalue weighted by Gasteiger charge is -2.27. The van der Waals surface area contributed by atoms with Gasteiger partial charge in [-0.15, -0.1) is 11.3 Å². The number of carbonyl (C=O) groups is 2. The first-order chi connectivity index (χ1) is 9.02. The highest BCUT2D eigenvalue weighted by molar-refractivity contribution is 7.09. The lowest BCUT2D eigenvalue weighted by molar-refractivity contribution is -0.149. The number of aryl methyl sites for hydroxylation is 1. The van der Waals surface area contributed by atoms with Crippen LogP contribution in [0.1, 0.15) is 37.5 Å². The summed E-state index contributed by atoms with van der Waals surface area (Å²) < 4.78 is 0. The molecule has 1 aliphatic carbocycles. The Morgan fingerprint density at radius 3 is 3.00 bits per heavy atom. The number of nitrogens with one attached hydrogen (secondary N) is 1. The fraction of sp³-hybridized carbons (Fsp3) is 0.571. The van der Waals surface area contributed by atoms with E-state index in [-0.39, 0.29) is 11.9 Å². The van der Waals surface area contributed by atoms with Crippen molar-refractivity contribution in [2.24, 2.45) is 5.41 Å². The van der Waals surface area contributed by atoms with Crippen LogP contribution < -0.4 is 5.32 Å². The van der Waals surface area contributed by atoms with Gasteiger partial charge in [-0.3, -0.25) is 9.59 Å². The maximum Gasteiger partial charge on any atom is 0.311 e. The molecule has 0 aliphatic heterocycles. The summed E-state index contributed by atoms with van der Waals surface area (Å²) >= 11 is 1.64. The molecule has 2 N–H and O–H groups in total. The van der Waals surface area contributed by atoms with Gasteiger partial charge in [0.05, 0.1) is 5.41 Å². The maximum absolute atomic E-state index is 11.9. The molecule has 1 heterocycles. The fourth-order valence-electron chi connectivity index (χ4n) is 2.61. The van der Waals surface area contributed by atoms with Gasteiger partial charge in [-0.2, -0.15) is 0 Å². The second-order valence-corrected chi connectivity index (χ2v) is 6.35. The van der Waals surface area contributed by atoms with Crippen molar-refractivity contribution >= 4 is 23.2 Å². The molecule has 1 aromatic heterocycles. The van der Waals surface area contributed by atoms with Crippen molar-refractivity contribution < 1.29 is 14.7 Å². The first-order valence-electron chi connectivity index (χ1n) is 6.57. The predicted molar refractivity (Wildman–Crippen MR) is 74.2 cm³/mol. The molecule has 19 heavy (non-hydrogen) atoms. The highest BCUT2D eigenvalue weighted by Gasteiger charge is 2.45. The Morgan fingerprint density at radius 2 is 2.37 bits per heavy atom. The van der Waals surface area contributed by atoms with Crippen molar-refractivity contribution in [2.45, 2.75) is 45.1 Å². The minimum absolute atomic E-state index is 0.0484. The highest BCUT2D eigenvalue weighted by atomic mass is 32.1. The van der Waals surface area contributed by atoms with Crippen LogP contribution in [0.15, 0.2) is 17.5 Å². The number of hydrogen-bond acceptors (Lipinski definition) is 3. The van der Waals surface area contributed by atoms with Crippen LogP contribution in [0.4, 0.5) is 0 Å². The molecular weight excluding hydrogens is 262 g/mol. The molecule has 104 valence electrons. The molecule has 1 amide bonds. The Morgan fingerprint density at radius 1 is 1.58 bits per heavy atom. The lowest BCUT2D eigenvalue weighted by atomic mass is 9.85. The summed E-state index contributed by atoms with van der Waals surface area (Å²) in [5.41, 5.74) is -0.807. The third-order valence-corrected chi connectivity index (χ3v) is 4.90. The lowest BCUT2D eigenvalue weighted by Crippen LogP contribution is -2.47. The van der Waals surface area contributed by atoms with E-state index in [1.807, 2.05) is 17.5 Å². The van der Waals surface area contributed by atoms with Crippen LogP contribution in [0.3, 0.4) is 0 Å². The minimum atomic E-state index is -0.812. The molecule has 1 saturated carbocycles. The Hall–Kier alpha value is -1.36. The largest absolute Gasteiger partial charge is 0.481 e. The molecule has 2 unspecified atom stereocenters. The maximum atomic E-state index is 11.9. The molecule has 0 saturated heterocycles. The van der Waals surface area contributed by atoms with Gasteiger partial charge in [0.1, 0.15) is 0 Å². The summed E-state index contributed by atoms with van der Waals surface area (Å²) in [7, 11) is 0. The summed E-state index contributed by atoms with van der Waals surface area (Å²) in [4.78, 5) is 24.4. The summed E-state index contributed by atoms with van der Waals surface area (Å²) in [5, 5.41) is 14.2. The summed E-state index contributed by atoms with van der Waals surface area (Å²) in [6.07, 6.45) is 3.40. The number of carbonyl (C=O) groups excluding carboxylic acids is 1. The number of rotatable bonds is 5. The average molecular weight is 281 g/mol. The van der Waals surface area contributed by atoms with Gasteiger partial charge in [0.15, 0.2) is 0 Å². The minimum Gasteiger partial charge on any atom is -0.481 e. The van der Waals surface area contributed by atoms with Gasteiger partial charge < -0.3 is 10.4 Å². The third-order valence-electron chi connectivity index (χ3n) is 3.96. The fourth-order valence-corrected chi connectivity index (χ4v) is 3.32.